The van der Waals surface area contributed by atoms with E-state index < -0.39 is 0 Å². The van der Waals surface area contributed by atoms with Crippen LogP contribution < -0.4 is 0 Å². The molecule has 7 heteroatoms. The molecule has 4 heterocycles. The van der Waals surface area contributed by atoms with Crippen molar-refractivity contribution in [2.45, 2.75) is 46.8 Å². The van der Waals surface area contributed by atoms with Crippen LogP contribution in [0.5, 0.6) is 0 Å². The number of hydrogen-bond donors (Lipinski definition) is 0. The van der Waals surface area contributed by atoms with Gasteiger partial charge in [-0.05, 0) is 50.5 Å². The van der Waals surface area contributed by atoms with Gasteiger partial charge in [-0.1, -0.05) is 5.16 Å². The Balaban J connectivity index is 1.45. The molecular weight excluding hydrogens is 384 g/mol. The fourth-order valence-electron chi connectivity index (χ4n) is 3.90. The van der Waals surface area contributed by atoms with Crippen molar-refractivity contribution >= 4 is 17.2 Å². The van der Waals surface area contributed by atoms with Crippen molar-refractivity contribution in [1.29, 1.82) is 0 Å². The molecule has 152 valence electrons. The summed E-state index contributed by atoms with van der Waals surface area (Å²) in [6, 6.07) is 3.99. The molecule has 4 rings (SSSR count). The Labute approximate surface area is 175 Å². The quantitative estimate of drug-likeness (QED) is 0.639. The Kier molecular flexibility index (Phi) is 5.52. The van der Waals surface area contributed by atoms with Gasteiger partial charge in [0.1, 0.15) is 5.76 Å². The van der Waals surface area contributed by atoms with Gasteiger partial charge in [0, 0.05) is 60.9 Å². The summed E-state index contributed by atoms with van der Waals surface area (Å²) >= 11 is 1.69. The molecule has 1 aliphatic heterocycles. The monoisotopic (exact) mass is 410 g/mol. The Morgan fingerprint density at radius 3 is 2.90 bits per heavy atom. The third-order valence-electron chi connectivity index (χ3n) is 5.55. The van der Waals surface area contributed by atoms with Gasteiger partial charge in [0.05, 0.1) is 11.3 Å². The molecule has 0 saturated carbocycles. The molecule has 0 saturated heterocycles. The highest BCUT2D eigenvalue weighted by molar-refractivity contribution is 7.10. The van der Waals surface area contributed by atoms with Gasteiger partial charge in [0.2, 0.25) is 0 Å². The number of amides is 1. The fourth-order valence-corrected chi connectivity index (χ4v) is 5.02. The van der Waals surface area contributed by atoms with Crippen LogP contribution in [0.4, 0.5) is 0 Å². The van der Waals surface area contributed by atoms with E-state index >= 15 is 0 Å². The second kappa shape index (κ2) is 8.08. The van der Waals surface area contributed by atoms with Gasteiger partial charge in [-0.25, -0.2) is 0 Å². The summed E-state index contributed by atoms with van der Waals surface area (Å²) in [5.41, 5.74) is 6.28. The normalized spacial score (nSPS) is 14.1. The minimum absolute atomic E-state index is 0.0936. The molecule has 6 nitrogen and oxygen atoms in total. The van der Waals surface area contributed by atoms with E-state index in [0.717, 1.165) is 54.3 Å². The number of hydrogen-bond acceptors (Lipinski definition) is 6. The molecule has 0 bridgehead atoms. The van der Waals surface area contributed by atoms with E-state index in [-0.39, 0.29) is 5.91 Å². The lowest BCUT2D eigenvalue weighted by Crippen LogP contribution is -2.32. The van der Waals surface area contributed by atoms with Gasteiger partial charge >= 0.3 is 0 Å². The molecular formula is C22H26N4O2S. The average Bonchev–Trinajstić information content (AvgIpc) is 3.25. The molecule has 0 aromatic carbocycles. The second-order valence-corrected chi connectivity index (χ2v) is 8.75. The Bertz CT molecular complexity index is 1020. The zero-order valence-corrected chi connectivity index (χ0v) is 18.2. The molecule has 1 aliphatic rings. The third kappa shape index (κ3) is 4.11. The van der Waals surface area contributed by atoms with Gasteiger partial charge < -0.3 is 9.42 Å². The van der Waals surface area contributed by atoms with E-state index in [0.29, 0.717) is 6.54 Å². The zero-order valence-electron chi connectivity index (χ0n) is 17.4. The van der Waals surface area contributed by atoms with Gasteiger partial charge in [0.15, 0.2) is 0 Å². The smallest absolute Gasteiger partial charge is 0.255 e. The van der Waals surface area contributed by atoms with Crippen LogP contribution >= 0.6 is 11.3 Å². The lowest BCUT2D eigenvalue weighted by molar-refractivity contribution is 0.0783. The van der Waals surface area contributed by atoms with Gasteiger partial charge in [-0.3, -0.25) is 14.7 Å². The highest BCUT2D eigenvalue weighted by Crippen LogP contribution is 2.31. The van der Waals surface area contributed by atoms with E-state index in [1.165, 1.54) is 16.0 Å². The number of nitrogens with zero attached hydrogens (tertiary/aromatic N) is 4. The molecule has 29 heavy (non-hydrogen) atoms. The van der Waals surface area contributed by atoms with Crippen molar-refractivity contribution in [3.8, 4) is 0 Å². The van der Waals surface area contributed by atoms with E-state index in [1.54, 1.807) is 22.4 Å². The first kappa shape index (κ1) is 19.8. The number of aromatic nitrogens is 2. The standard InChI is InChI=1S/C22H26N4O2S/c1-14-9-17(5-7-23-14)10-25(4)22(27)20-13-29-21-12-26(8-6-18(20)21)11-19-15(2)24-28-16(19)3/h5,7,9,13H,6,8,10-12H2,1-4H3. The highest BCUT2D eigenvalue weighted by Gasteiger charge is 2.26. The molecule has 0 unspecified atom stereocenters. The van der Waals surface area contributed by atoms with Gasteiger partial charge in [0.25, 0.3) is 5.91 Å². The Morgan fingerprint density at radius 2 is 2.17 bits per heavy atom. The predicted octanol–water partition coefficient (Wildman–Crippen LogP) is 3.89. The molecule has 0 aliphatic carbocycles. The minimum Gasteiger partial charge on any atom is -0.361 e. The molecule has 0 radical (unpaired) electrons. The van der Waals surface area contributed by atoms with Gasteiger partial charge in [-0.2, -0.15) is 0 Å². The SMILES string of the molecule is Cc1cc(CN(C)C(=O)c2csc3c2CCN(Cc2c(C)noc2C)C3)ccn1. The topological polar surface area (TPSA) is 62.5 Å². The molecule has 3 aromatic rings. The van der Waals surface area contributed by atoms with Crippen LogP contribution in [0.15, 0.2) is 28.2 Å². The average molecular weight is 411 g/mol. The van der Waals surface area contributed by atoms with E-state index in [2.05, 4.69) is 15.0 Å². The second-order valence-electron chi connectivity index (χ2n) is 7.78. The lowest BCUT2D eigenvalue weighted by atomic mass is 10.0. The van der Waals surface area contributed by atoms with Crippen molar-refractivity contribution in [3.05, 3.63) is 68.0 Å². The fraction of sp³-hybridized carbons (Fsp3) is 0.409. The summed E-state index contributed by atoms with van der Waals surface area (Å²) in [5.74, 6) is 0.986. The predicted molar refractivity (Wildman–Crippen MR) is 113 cm³/mol. The maximum absolute atomic E-state index is 13.1. The Hall–Kier alpha value is -2.51. The molecule has 3 aromatic heterocycles. The van der Waals surface area contributed by atoms with Crippen molar-refractivity contribution in [1.82, 2.24) is 19.9 Å². The van der Waals surface area contributed by atoms with Crippen LogP contribution in [0.3, 0.4) is 0 Å². The van der Waals surface area contributed by atoms with Gasteiger partial charge in [-0.15, -0.1) is 11.3 Å². The van der Waals surface area contributed by atoms with Crippen LogP contribution in [0.25, 0.3) is 0 Å². The summed E-state index contributed by atoms with van der Waals surface area (Å²) in [5, 5.41) is 6.09. The van der Waals surface area contributed by atoms with Crippen LogP contribution in [0.2, 0.25) is 0 Å². The maximum atomic E-state index is 13.1. The van der Waals surface area contributed by atoms with Crippen molar-refractivity contribution in [2.24, 2.45) is 0 Å². The molecule has 0 spiro atoms. The van der Waals surface area contributed by atoms with Crippen molar-refractivity contribution in [2.75, 3.05) is 13.6 Å². The summed E-state index contributed by atoms with van der Waals surface area (Å²) < 4.78 is 5.30. The number of rotatable bonds is 5. The number of pyridine rings is 1. The summed E-state index contributed by atoms with van der Waals surface area (Å²) in [6.45, 7) is 9.14. The summed E-state index contributed by atoms with van der Waals surface area (Å²) in [6.07, 6.45) is 2.69. The van der Waals surface area contributed by atoms with Crippen molar-refractivity contribution < 1.29 is 9.32 Å². The van der Waals surface area contributed by atoms with E-state index in [9.17, 15) is 4.79 Å². The molecule has 1 amide bonds. The first-order chi connectivity index (χ1) is 13.9. The maximum Gasteiger partial charge on any atom is 0.255 e. The van der Waals surface area contributed by atoms with Crippen LogP contribution in [0.1, 0.15) is 49.1 Å². The minimum atomic E-state index is 0.0936. The number of carbonyl (C=O) groups is 1. The van der Waals surface area contributed by atoms with Crippen LogP contribution in [0, 0.1) is 20.8 Å². The van der Waals surface area contributed by atoms with Crippen LogP contribution in [-0.2, 0) is 26.1 Å². The first-order valence-electron chi connectivity index (χ1n) is 9.82. The van der Waals surface area contributed by atoms with Crippen molar-refractivity contribution in [3.63, 3.8) is 0 Å². The lowest BCUT2D eigenvalue weighted by Gasteiger charge is -2.27. The third-order valence-corrected chi connectivity index (χ3v) is 6.56. The molecule has 0 atom stereocenters. The van der Waals surface area contributed by atoms with Crippen LogP contribution in [-0.4, -0.2) is 39.4 Å². The van der Waals surface area contributed by atoms with E-state index in [1.807, 2.05) is 45.3 Å². The first-order valence-corrected chi connectivity index (χ1v) is 10.7. The number of thiophene rings is 1. The number of aryl methyl sites for hydroxylation is 3. The summed E-state index contributed by atoms with van der Waals surface area (Å²) in [4.78, 5) is 22.8. The number of carbonyl (C=O) groups excluding carboxylic acids is 1. The summed E-state index contributed by atoms with van der Waals surface area (Å²) in [7, 11) is 1.87. The molecule has 0 N–H and O–H groups in total. The zero-order chi connectivity index (χ0) is 20.5. The largest absolute Gasteiger partial charge is 0.361 e. The Morgan fingerprint density at radius 1 is 1.34 bits per heavy atom. The molecule has 0 fully saturated rings. The highest BCUT2D eigenvalue weighted by atomic mass is 32.1. The van der Waals surface area contributed by atoms with E-state index in [4.69, 9.17) is 4.52 Å². The number of fused-ring (bicyclic) bond motifs is 1.